The summed E-state index contributed by atoms with van der Waals surface area (Å²) in [6.45, 7) is 10.3. The van der Waals surface area contributed by atoms with E-state index in [9.17, 15) is 0 Å². The minimum atomic E-state index is 0.253. The van der Waals surface area contributed by atoms with Crippen molar-refractivity contribution in [2.24, 2.45) is 0 Å². The maximum atomic E-state index is 6.08. The largest absolute Gasteiger partial charge is 0.377 e. The second kappa shape index (κ2) is 4.18. The van der Waals surface area contributed by atoms with Crippen LogP contribution in [0, 0.1) is 0 Å². The van der Waals surface area contributed by atoms with Crippen molar-refractivity contribution in [1.29, 1.82) is 0 Å². The van der Waals surface area contributed by atoms with E-state index in [4.69, 9.17) is 4.74 Å². The first kappa shape index (κ1) is 12.7. The van der Waals surface area contributed by atoms with Gasteiger partial charge in [0.2, 0.25) is 0 Å². The quantitative estimate of drug-likeness (QED) is 0.707. The molecule has 16 heavy (non-hydrogen) atoms. The Morgan fingerprint density at radius 1 is 1.19 bits per heavy atom. The molecular formula is C13H25NOS. The number of rotatable bonds is 3. The summed E-state index contributed by atoms with van der Waals surface area (Å²) in [5.41, 5.74) is 0.506. The number of piperidine rings is 1. The van der Waals surface area contributed by atoms with Gasteiger partial charge in [-0.25, -0.2) is 0 Å². The highest BCUT2D eigenvalue weighted by Crippen LogP contribution is 2.39. The van der Waals surface area contributed by atoms with Crippen LogP contribution in [0.5, 0.6) is 0 Å². The van der Waals surface area contributed by atoms with Gasteiger partial charge in [0.15, 0.2) is 0 Å². The minimum Gasteiger partial charge on any atom is -0.377 e. The summed E-state index contributed by atoms with van der Waals surface area (Å²) in [5, 5.41) is 0.797. The third kappa shape index (κ3) is 2.74. The topological polar surface area (TPSA) is 12.5 Å². The van der Waals surface area contributed by atoms with Crippen molar-refractivity contribution in [2.75, 3.05) is 19.4 Å². The third-order valence-electron chi connectivity index (χ3n) is 4.19. The van der Waals surface area contributed by atoms with Gasteiger partial charge in [-0.15, -0.1) is 0 Å². The van der Waals surface area contributed by atoms with Gasteiger partial charge in [0.1, 0.15) is 0 Å². The SMILES string of the molecule is CN1C(C)(C)CC(OCC2CS2)CC1(C)C. The zero-order valence-electron chi connectivity index (χ0n) is 11.2. The Balaban J connectivity index is 1.94. The van der Waals surface area contributed by atoms with Gasteiger partial charge in [-0.05, 0) is 47.6 Å². The van der Waals surface area contributed by atoms with E-state index in [1.165, 1.54) is 5.75 Å². The average Bonchev–Trinajstić information content (AvgIpc) is 2.93. The molecule has 0 aromatic rings. The van der Waals surface area contributed by atoms with Crippen LogP contribution in [0.15, 0.2) is 0 Å². The summed E-state index contributed by atoms with van der Waals surface area (Å²) >= 11 is 2.02. The Hall–Kier alpha value is 0.270. The summed E-state index contributed by atoms with van der Waals surface area (Å²) in [4.78, 5) is 2.51. The minimum absolute atomic E-state index is 0.253. The Labute approximate surface area is 104 Å². The molecule has 2 aliphatic heterocycles. The molecule has 0 N–H and O–H groups in total. The van der Waals surface area contributed by atoms with Crippen LogP contribution in [0.3, 0.4) is 0 Å². The molecule has 2 aliphatic rings. The van der Waals surface area contributed by atoms with Crippen molar-refractivity contribution in [2.45, 2.75) is 63.0 Å². The summed E-state index contributed by atoms with van der Waals surface area (Å²) in [6, 6.07) is 0. The molecular weight excluding hydrogens is 218 g/mol. The lowest BCUT2D eigenvalue weighted by Gasteiger charge is -2.53. The molecule has 2 nitrogen and oxygen atoms in total. The second-order valence-corrected chi connectivity index (χ2v) is 7.84. The molecule has 0 amide bonds. The standard InChI is InChI=1S/C13H25NOS/c1-12(2)6-10(15-8-11-9-16-11)7-13(3,4)14(12)5/h10-11H,6-9H2,1-5H3. The summed E-state index contributed by atoms with van der Waals surface area (Å²) < 4.78 is 6.08. The van der Waals surface area contributed by atoms with Crippen molar-refractivity contribution in [3.8, 4) is 0 Å². The Morgan fingerprint density at radius 3 is 2.12 bits per heavy atom. The van der Waals surface area contributed by atoms with Crippen LogP contribution in [-0.4, -0.2) is 46.7 Å². The third-order valence-corrected chi connectivity index (χ3v) is 5.13. The molecule has 0 radical (unpaired) electrons. The predicted molar refractivity (Wildman–Crippen MR) is 71.1 cm³/mol. The molecule has 2 rings (SSSR count). The highest BCUT2D eigenvalue weighted by atomic mass is 32.2. The van der Waals surface area contributed by atoms with Crippen molar-refractivity contribution in [3.63, 3.8) is 0 Å². The van der Waals surface area contributed by atoms with E-state index in [2.05, 4.69) is 39.6 Å². The molecule has 0 saturated carbocycles. The van der Waals surface area contributed by atoms with E-state index >= 15 is 0 Å². The molecule has 1 atom stereocenters. The highest BCUT2D eigenvalue weighted by molar-refractivity contribution is 8.06. The Bertz CT molecular complexity index is 243. The second-order valence-electron chi connectivity index (χ2n) is 6.50. The molecule has 2 saturated heterocycles. The first-order valence-corrected chi connectivity index (χ1v) is 7.33. The van der Waals surface area contributed by atoms with Crippen molar-refractivity contribution in [1.82, 2.24) is 4.90 Å². The van der Waals surface area contributed by atoms with Gasteiger partial charge >= 0.3 is 0 Å². The van der Waals surface area contributed by atoms with Crippen molar-refractivity contribution >= 4 is 11.8 Å². The number of hydrogen-bond donors (Lipinski definition) is 0. The van der Waals surface area contributed by atoms with Gasteiger partial charge in [0, 0.05) is 22.1 Å². The predicted octanol–water partition coefficient (Wildman–Crippen LogP) is 2.77. The maximum Gasteiger partial charge on any atom is 0.0610 e. The molecule has 1 unspecified atom stereocenters. The van der Waals surface area contributed by atoms with Crippen LogP contribution in [-0.2, 0) is 4.74 Å². The number of likely N-dealkylation sites (tertiary alicyclic amines) is 1. The lowest BCUT2D eigenvalue weighted by atomic mass is 9.79. The lowest BCUT2D eigenvalue weighted by Crippen LogP contribution is -2.60. The molecule has 2 heterocycles. The number of ether oxygens (including phenoxy) is 1. The van der Waals surface area contributed by atoms with Gasteiger partial charge in [0.05, 0.1) is 12.7 Å². The van der Waals surface area contributed by atoms with E-state index in [0.29, 0.717) is 6.10 Å². The maximum absolute atomic E-state index is 6.08. The molecule has 0 spiro atoms. The molecule has 0 aromatic carbocycles. The fourth-order valence-electron chi connectivity index (χ4n) is 2.81. The van der Waals surface area contributed by atoms with Crippen LogP contribution in [0.25, 0.3) is 0 Å². The molecule has 2 fully saturated rings. The molecule has 0 aromatic heterocycles. The Kier molecular flexibility index (Phi) is 3.32. The molecule has 94 valence electrons. The van der Waals surface area contributed by atoms with Gasteiger partial charge < -0.3 is 4.74 Å². The van der Waals surface area contributed by atoms with Crippen LogP contribution in [0.1, 0.15) is 40.5 Å². The van der Waals surface area contributed by atoms with E-state index in [1.54, 1.807) is 0 Å². The van der Waals surface area contributed by atoms with Crippen LogP contribution < -0.4 is 0 Å². The fourth-order valence-corrected chi connectivity index (χ4v) is 3.21. The Morgan fingerprint density at radius 2 is 1.69 bits per heavy atom. The fraction of sp³-hybridized carbons (Fsp3) is 1.00. The van der Waals surface area contributed by atoms with E-state index in [1.807, 2.05) is 11.8 Å². The van der Waals surface area contributed by atoms with Gasteiger partial charge in [-0.2, -0.15) is 11.8 Å². The first-order chi connectivity index (χ1) is 7.31. The van der Waals surface area contributed by atoms with Crippen LogP contribution in [0.4, 0.5) is 0 Å². The number of thioether (sulfide) groups is 1. The normalized spacial score (nSPS) is 33.9. The van der Waals surface area contributed by atoms with Gasteiger partial charge in [-0.1, -0.05) is 0 Å². The van der Waals surface area contributed by atoms with Gasteiger partial charge in [0.25, 0.3) is 0 Å². The van der Waals surface area contributed by atoms with Crippen LogP contribution in [0.2, 0.25) is 0 Å². The summed E-state index contributed by atoms with van der Waals surface area (Å²) in [7, 11) is 2.24. The summed E-state index contributed by atoms with van der Waals surface area (Å²) in [6.07, 6.45) is 2.76. The zero-order valence-corrected chi connectivity index (χ0v) is 12.1. The van der Waals surface area contributed by atoms with Crippen molar-refractivity contribution in [3.05, 3.63) is 0 Å². The van der Waals surface area contributed by atoms with E-state index < -0.39 is 0 Å². The first-order valence-electron chi connectivity index (χ1n) is 6.28. The van der Waals surface area contributed by atoms with Gasteiger partial charge in [-0.3, -0.25) is 4.90 Å². The van der Waals surface area contributed by atoms with Crippen molar-refractivity contribution < 1.29 is 4.74 Å². The smallest absolute Gasteiger partial charge is 0.0610 e. The van der Waals surface area contributed by atoms with E-state index in [0.717, 1.165) is 24.7 Å². The number of hydrogen-bond acceptors (Lipinski definition) is 3. The monoisotopic (exact) mass is 243 g/mol. The molecule has 0 bridgehead atoms. The average molecular weight is 243 g/mol. The van der Waals surface area contributed by atoms with Crippen LogP contribution >= 0.6 is 11.8 Å². The summed E-state index contributed by atoms with van der Waals surface area (Å²) in [5.74, 6) is 1.30. The number of nitrogens with zero attached hydrogens (tertiary/aromatic N) is 1. The molecule has 0 aliphatic carbocycles. The van der Waals surface area contributed by atoms with E-state index in [-0.39, 0.29) is 11.1 Å². The zero-order chi connectivity index (χ0) is 12.0. The highest BCUT2D eigenvalue weighted by Gasteiger charge is 2.43. The molecule has 3 heteroatoms. The lowest BCUT2D eigenvalue weighted by molar-refractivity contribution is -0.0897.